The Bertz CT molecular complexity index is 1040. The van der Waals surface area contributed by atoms with Gasteiger partial charge in [-0.2, -0.15) is 4.98 Å². The maximum atomic E-state index is 6.19. The first kappa shape index (κ1) is 17.7. The number of hydrogen-bond donors (Lipinski definition) is 0. The summed E-state index contributed by atoms with van der Waals surface area (Å²) < 4.78 is 10.8. The molecule has 0 N–H and O–H groups in total. The third-order valence-electron chi connectivity index (χ3n) is 3.90. The Morgan fingerprint density at radius 2 is 1.89 bits per heavy atom. The van der Waals surface area contributed by atoms with E-state index in [1.165, 1.54) is 0 Å². The second kappa shape index (κ2) is 7.90. The third kappa shape index (κ3) is 4.02. The van der Waals surface area contributed by atoms with Crippen LogP contribution in [0.2, 0.25) is 5.02 Å². The zero-order chi connectivity index (χ0) is 18.6. The molecule has 0 atom stereocenters. The topological polar surface area (TPSA) is 61.0 Å². The van der Waals surface area contributed by atoms with E-state index in [1.807, 2.05) is 54.8 Å². The van der Waals surface area contributed by atoms with E-state index in [4.69, 9.17) is 20.9 Å². The van der Waals surface area contributed by atoms with E-state index < -0.39 is 0 Å². The number of thiazole rings is 1. The van der Waals surface area contributed by atoms with Crippen LogP contribution in [0.1, 0.15) is 17.8 Å². The van der Waals surface area contributed by atoms with Crippen LogP contribution < -0.4 is 4.74 Å². The molecule has 0 bridgehead atoms. The summed E-state index contributed by atoms with van der Waals surface area (Å²) in [5.74, 6) is 1.85. The summed E-state index contributed by atoms with van der Waals surface area (Å²) in [6.45, 7) is 2.62. The average Bonchev–Trinajstić information content (AvgIpc) is 3.33. The van der Waals surface area contributed by atoms with Crippen LogP contribution in [-0.4, -0.2) is 21.7 Å². The molecular weight excluding hydrogens is 382 g/mol. The van der Waals surface area contributed by atoms with Crippen LogP contribution in [0, 0.1) is 0 Å². The zero-order valence-corrected chi connectivity index (χ0v) is 16.1. The molecule has 0 saturated heterocycles. The molecule has 0 radical (unpaired) electrons. The zero-order valence-electron chi connectivity index (χ0n) is 14.6. The molecule has 2 aromatic heterocycles. The second-order valence-electron chi connectivity index (χ2n) is 5.75. The minimum atomic E-state index is 0.485. The van der Waals surface area contributed by atoms with Crippen LogP contribution in [0.25, 0.3) is 22.6 Å². The van der Waals surface area contributed by atoms with Crippen molar-refractivity contribution in [3.8, 4) is 28.4 Å². The van der Waals surface area contributed by atoms with Gasteiger partial charge in [-0.25, -0.2) is 4.98 Å². The molecule has 0 amide bonds. The summed E-state index contributed by atoms with van der Waals surface area (Å²) in [6.07, 6.45) is 0.485. The number of hydrogen-bond acceptors (Lipinski definition) is 6. The molecule has 4 aromatic rings. The highest BCUT2D eigenvalue weighted by molar-refractivity contribution is 7.10. The van der Waals surface area contributed by atoms with Crippen LogP contribution in [0.5, 0.6) is 5.75 Å². The number of ether oxygens (including phenoxy) is 1. The summed E-state index contributed by atoms with van der Waals surface area (Å²) >= 11 is 7.76. The molecule has 0 aliphatic rings. The monoisotopic (exact) mass is 397 g/mol. The quantitative estimate of drug-likeness (QED) is 0.429. The third-order valence-corrected chi connectivity index (χ3v) is 5.08. The maximum Gasteiger partial charge on any atom is 0.233 e. The van der Waals surface area contributed by atoms with E-state index in [9.17, 15) is 0 Å². The van der Waals surface area contributed by atoms with Crippen molar-refractivity contribution in [2.24, 2.45) is 0 Å². The molecule has 0 aliphatic heterocycles. The van der Waals surface area contributed by atoms with Crippen molar-refractivity contribution in [2.75, 3.05) is 6.61 Å². The Hall–Kier alpha value is -2.70. The van der Waals surface area contributed by atoms with E-state index in [1.54, 1.807) is 17.4 Å². The molecule has 7 heteroatoms. The van der Waals surface area contributed by atoms with Crippen molar-refractivity contribution in [3.63, 3.8) is 0 Å². The van der Waals surface area contributed by atoms with Gasteiger partial charge in [0.1, 0.15) is 10.8 Å². The number of benzene rings is 2. The lowest BCUT2D eigenvalue weighted by molar-refractivity contribution is 0.340. The molecule has 4 rings (SSSR count). The van der Waals surface area contributed by atoms with Crippen molar-refractivity contribution in [1.29, 1.82) is 0 Å². The molecule has 136 valence electrons. The van der Waals surface area contributed by atoms with E-state index >= 15 is 0 Å². The molecule has 0 fully saturated rings. The lowest BCUT2D eigenvalue weighted by Crippen LogP contribution is -1.91. The van der Waals surface area contributed by atoms with Gasteiger partial charge in [-0.15, -0.1) is 11.3 Å². The Morgan fingerprint density at radius 3 is 2.67 bits per heavy atom. The van der Waals surface area contributed by atoms with Crippen molar-refractivity contribution >= 4 is 22.9 Å². The van der Waals surface area contributed by atoms with E-state index in [-0.39, 0.29) is 0 Å². The molecule has 0 aliphatic carbocycles. The van der Waals surface area contributed by atoms with Gasteiger partial charge in [-0.1, -0.05) is 28.9 Å². The number of aromatic nitrogens is 3. The SMILES string of the molecule is CCOc1ccc(-c2csc(Cc3nc(-c4ccccc4Cl)no3)n2)cc1. The van der Waals surface area contributed by atoms with E-state index in [0.29, 0.717) is 29.8 Å². The van der Waals surface area contributed by atoms with Crippen molar-refractivity contribution in [3.05, 3.63) is 69.8 Å². The molecule has 0 spiro atoms. The number of rotatable bonds is 6. The predicted octanol–water partition coefficient (Wildman–Crippen LogP) is 5.50. The van der Waals surface area contributed by atoms with Gasteiger partial charge in [-0.05, 0) is 43.3 Å². The summed E-state index contributed by atoms with van der Waals surface area (Å²) in [5.41, 5.74) is 2.72. The highest BCUT2D eigenvalue weighted by Crippen LogP contribution is 2.27. The van der Waals surface area contributed by atoms with Crippen LogP contribution in [-0.2, 0) is 6.42 Å². The van der Waals surface area contributed by atoms with Crippen molar-refractivity contribution in [2.45, 2.75) is 13.3 Å². The average molecular weight is 398 g/mol. The smallest absolute Gasteiger partial charge is 0.233 e. The summed E-state index contributed by atoms with van der Waals surface area (Å²) in [4.78, 5) is 9.11. The van der Waals surface area contributed by atoms with Gasteiger partial charge in [0.2, 0.25) is 11.7 Å². The highest BCUT2D eigenvalue weighted by Gasteiger charge is 2.14. The van der Waals surface area contributed by atoms with Crippen LogP contribution in [0.4, 0.5) is 0 Å². The second-order valence-corrected chi connectivity index (χ2v) is 7.10. The van der Waals surface area contributed by atoms with E-state index in [0.717, 1.165) is 27.6 Å². The van der Waals surface area contributed by atoms with Crippen LogP contribution in [0.3, 0.4) is 0 Å². The molecule has 0 saturated carbocycles. The standard InChI is InChI=1S/C20H16ClN3O2S/c1-2-25-14-9-7-13(8-10-14)17-12-27-19(22-17)11-18-23-20(24-26-18)15-5-3-4-6-16(15)21/h3-10,12H,2,11H2,1H3. The lowest BCUT2D eigenvalue weighted by atomic mass is 10.2. The van der Waals surface area contributed by atoms with Crippen molar-refractivity contribution in [1.82, 2.24) is 15.1 Å². The predicted molar refractivity (Wildman–Crippen MR) is 106 cm³/mol. The molecular formula is C20H16ClN3O2S. The minimum Gasteiger partial charge on any atom is -0.494 e. The summed E-state index contributed by atoms with van der Waals surface area (Å²) in [6, 6.07) is 15.3. The number of halogens is 1. The van der Waals surface area contributed by atoms with Crippen molar-refractivity contribution < 1.29 is 9.26 Å². The van der Waals surface area contributed by atoms with Crippen LogP contribution in [0.15, 0.2) is 58.4 Å². The lowest BCUT2D eigenvalue weighted by Gasteiger charge is -2.03. The first-order chi connectivity index (χ1) is 13.2. The highest BCUT2D eigenvalue weighted by atomic mass is 35.5. The first-order valence-corrected chi connectivity index (χ1v) is 9.74. The van der Waals surface area contributed by atoms with Gasteiger partial charge < -0.3 is 9.26 Å². The molecule has 5 nitrogen and oxygen atoms in total. The Kier molecular flexibility index (Phi) is 5.18. The van der Waals surface area contributed by atoms with Gasteiger partial charge in [0, 0.05) is 16.5 Å². The molecule has 2 aromatic carbocycles. The fraction of sp³-hybridized carbons (Fsp3) is 0.150. The Morgan fingerprint density at radius 1 is 1.07 bits per heavy atom. The fourth-order valence-electron chi connectivity index (χ4n) is 2.62. The fourth-order valence-corrected chi connectivity index (χ4v) is 3.64. The Labute approximate surface area is 165 Å². The van der Waals surface area contributed by atoms with Gasteiger partial charge in [0.25, 0.3) is 0 Å². The molecule has 27 heavy (non-hydrogen) atoms. The van der Waals surface area contributed by atoms with Gasteiger partial charge in [0.15, 0.2) is 0 Å². The largest absolute Gasteiger partial charge is 0.494 e. The minimum absolute atomic E-state index is 0.485. The first-order valence-electron chi connectivity index (χ1n) is 8.48. The van der Waals surface area contributed by atoms with Gasteiger partial charge >= 0.3 is 0 Å². The maximum absolute atomic E-state index is 6.19. The number of nitrogens with zero attached hydrogens (tertiary/aromatic N) is 3. The molecule has 2 heterocycles. The van der Waals surface area contributed by atoms with Crippen LogP contribution >= 0.6 is 22.9 Å². The van der Waals surface area contributed by atoms with Gasteiger partial charge in [-0.3, -0.25) is 0 Å². The van der Waals surface area contributed by atoms with Gasteiger partial charge in [0.05, 0.1) is 23.7 Å². The summed E-state index contributed by atoms with van der Waals surface area (Å²) in [7, 11) is 0. The normalized spacial score (nSPS) is 10.9. The molecule has 0 unspecified atom stereocenters. The summed E-state index contributed by atoms with van der Waals surface area (Å²) in [5, 5.41) is 7.56. The Balaban J connectivity index is 1.49. The van der Waals surface area contributed by atoms with E-state index in [2.05, 4.69) is 15.1 Å².